The topological polar surface area (TPSA) is 85.5 Å². The van der Waals surface area contributed by atoms with Crippen molar-refractivity contribution in [2.75, 3.05) is 26.2 Å². The number of Topliss-reactive ketones (excluding diaryl/α,β-unsaturated/α-hetero) is 1. The summed E-state index contributed by atoms with van der Waals surface area (Å²) >= 11 is 5.97. The Bertz CT molecular complexity index is 1360. The summed E-state index contributed by atoms with van der Waals surface area (Å²) in [5, 5.41) is 4.80. The van der Waals surface area contributed by atoms with Gasteiger partial charge in [0.2, 0.25) is 11.8 Å². The Labute approximate surface area is 254 Å². The van der Waals surface area contributed by atoms with E-state index in [9.17, 15) is 14.4 Å². The average molecular weight is 591 g/mol. The van der Waals surface area contributed by atoms with Gasteiger partial charge in [-0.3, -0.25) is 19.3 Å². The fourth-order valence-electron chi connectivity index (χ4n) is 6.85. The molecule has 1 unspecified atom stereocenters. The average Bonchev–Trinajstić information content (AvgIpc) is 3.65. The monoisotopic (exact) mass is 590 g/mol. The zero-order valence-corrected chi connectivity index (χ0v) is 25.4. The number of halogens is 1. The van der Waals surface area contributed by atoms with E-state index in [-0.39, 0.29) is 29.7 Å². The number of nitrogens with zero attached hydrogens (tertiary/aromatic N) is 2. The third kappa shape index (κ3) is 7.61. The van der Waals surface area contributed by atoms with Crippen molar-refractivity contribution in [1.82, 2.24) is 20.1 Å². The van der Waals surface area contributed by atoms with Crippen LogP contribution < -0.4 is 5.32 Å². The van der Waals surface area contributed by atoms with Gasteiger partial charge in [-0.2, -0.15) is 0 Å². The Morgan fingerprint density at radius 2 is 1.74 bits per heavy atom. The van der Waals surface area contributed by atoms with Gasteiger partial charge in [-0.25, -0.2) is 0 Å². The zero-order chi connectivity index (χ0) is 29.5. The van der Waals surface area contributed by atoms with E-state index in [1.54, 1.807) is 6.92 Å². The number of rotatable bonds is 12. The number of carbonyl (C=O) groups is 3. The van der Waals surface area contributed by atoms with Gasteiger partial charge in [-0.1, -0.05) is 54.8 Å². The molecule has 224 valence electrons. The van der Waals surface area contributed by atoms with E-state index in [2.05, 4.69) is 21.3 Å². The molecule has 2 amide bonds. The fraction of sp³-hybridized carbons (Fsp3) is 0.500. The first-order chi connectivity index (χ1) is 20.4. The third-order valence-electron chi connectivity index (χ3n) is 9.09. The number of ketones is 1. The molecule has 1 saturated heterocycles. The van der Waals surface area contributed by atoms with Crippen LogP contribution in [0, 0.1) is 5.92 Å². The van der Waals surface area contributed by atoms with E-state index in [1.807, 2.05) is 53.6 Å². The lowest BCUT2D eigenvalue weighted by molar-refractivity contribution is -0.137. The molecule has 7 nitrogen and oxygen atoms in total. The van der Waals surface area contributed by atoms with E-state index >= 15 is 0 Å². The van der Waals surface area contributed by atoms with E-state index in [0.29, 0.717) is 36.9 Å². The first-order valence-corrected chi connectivity index (χ1v) is 15.9. The summed E-state index contributed by atoms with van der Waals surface area (Å²) in [5.41, 5.74) is 3.17. The number of aromatic nitrogens is 1. The van der Waals surface area contributed by atoms with E-state index in [0.717, 1.165) is 67.2 Å². The second kappa shape index (κ2) is 14.3. The predicted molar refractivity (Wildman–Crippen MR) is 167 cm³/mol. The molecule has 0 bridgehead atoms. The van der Waals surface area contributed by atoms with Crippen molar-refractivity contribution in [3.63, 3.8) is 0 Å². The van der Waals surface area contributed by atoms with Gasteiger partial charge in [0.05, 0.1) is 6.04 Å². The smallest absolute Gasteiger partial charge is 0.223 e. The number of benzene rings is 2. The van der Waals surface area contributed by atoms with Crippen molar-refractivity contribution in [2.45, 2.75) is 76.8 Å². The summed E-state index contributed by atoms with van der Waals surface area (Å²) in [7, 11) is 0. The van der Waals surface area contributed by atoms with Crippen molar-refractivity contribution >= 4 is 40.1 Å². The molecule has 2 heterocycles. The van der Waals surface area contributed by atoms with Crippen molar-refractivity contribution < 1.29 is 14.4 Å². The molecule has 5 rings (SSSR count). The molecule has 1 atom stereocenters. The standard InChI is InChI=1S/C34H43ClN4O3/c1-24(40)34(30-23-37-31-9-5-4-8-29(30)31)38-19-15-28(16-20-38)39(33(42)22-26-6-2-3-7-26)21-17-32(41)36-18-14-25-10-12-27(35)13-11-25/h4-5,8-13,23,26,28,34,37H,2-3,6-7,14-22H2,1H3,(H,36,41). The number of likely N-dealkylation sites (tertiary alicyclic amines) is 1. The van der Waals surface area contributed by atoms with Crippen molar-refractivity contribution in [1.29, 1.82) is 0 Å². The van der Waals surface area contributed by atoms with Gasteiger partial charge in [0.1, 0.15) is 0 Å². The lowest BCUT2D eigenvalue weighted by atomic mass is 9.95. The number of fused-ring (bicyclic) bond motifs is 1. The Kier molecular flexibility index (Phi) is 10.3. The molecule has 2 aliphatic rings. The molecule has 2 aromatic carbocycles. The van der Waals surface area contributed by atoms with Gasteiger partial charge in [-0.05, 0) is 68.7 Å². The maximum Gasteiger partial charge on any atom is 0.223 e. The lowest BCUT2D eigenvalue weighted by Crippen LogP contribution is -2.50. The van der Waals surface area contributed by atoms with Crippen LogP contribution in [-0.4, -0.2) is 64.6 Å². The number of hydrogen-bond donors (Lipinski definition) is 2. The molecule has 1 aliphatic carbocycles. The highest BCUT2D eigenvalue weighted by molar-refractivity contribution is 6.30. The van der Waals surface area contributed by atoms with Gasteiger partial charge < -0.3 is 15.2 Å². The van der Waals surface area contributed by atoms with Gasteiger partial charge in [0.15, 0.2) is 5.78 Å². The number of para-hydroxylation sites is 1. The Hall–Kier alpha value is -3.16. The molecule has 1 aromatic heterocycles. The molecule has 42 heavy (non-hydrogen) atoms. The molecule has 3 aromatic rings. The third-order valence-corrected chi connectivity index (χ3v) is 9.35. The largest absolute Gasteiger partial charge is 0.361 e. The van der Waals surface area contributed by atoms with Crippen LogP contribution in [0.25, 0.3) is 10.9 Å². The Balaban J connectivity index is 1.19. The molecular weight excluding hydrogens is 548 g/mol. The number of piperidine rings is 1. The zero-order valence-electron chi connectivity index (χ0n) is 24.6. The molecule has 2 fully saturated rings. The summed E-state index contributed by atoms with van der Waals surface area (Å²) in [5.74, 6) is 0.727. The number of hydrogen-bond acceptors (Lipinski definition) is 4. The number of H-pyrrole nitrogens is 1. The van der Waals surface area contributed by atoms with Crippen LogP contribution in [0.2, 0.25) is 5.02 Å². The summed E-state index contributed by atoms with van der Waals surface area (Å²) in [6.45, 7) is 4.11. The van der Waals surface area contributed by atoms with E-state index in [1.165, 1.54) is 12.8 Å². The lowest BCUT2D eigenvalue weighted by Gasteiger charge is -2.41. The van der Waals surface area contributed by atoms with Crippen LogP contribution in [0.5, 0.6) is 0 Å². The summed E-state index contributed by atoms with van der Waals surface area (Å²) < 4.78 is 0. The minimum atomic E-state index is -0.309. The van der Waals surface area contributed by atoms with Gasteiger partial charge in [-0.15, -0.1) is 0 Å². The van der Waals surface area contributed by atoms with Crippen LogP contribution >= 0.6 is 11.6 Å². The maximum absolute atomic E-state index is 13.6. The normalized spacial score (nSPS) is 17.4. The summed E-state index contributed by atoms with van der Waals surface area (Å²) in [6.07, 6.45) is 9.79. The first kappa shape index (κ1) is 30.3. The summed E-state index contributed by atoms with van der Waals surface area (Å²) in [4.78, 5) is 46.9. The molecule has 1 aliphatic heterocycles. The van der Waals surface area contributed by atoms with Crippen molar-refractivity contribution in [3.8, 4) is 0 Å². The molecule has 2 N–H and O–H groups in total. The highest BCUT2D eigenvalue weighted by Gasteiger charge is 2.34. The number of aromatic amines is 1. The van der Waals surface area contributed by atoms with Crippen LogP contribution in [0.15, 0.2) is 54.7 Å². The van der Waals surface area contributed by atoms with Crippen molar-refractivity contribution in [2.24, 2.45) is 5.92 Å². The molecule has 8 heteroatoms. The van der Waals surface area contributed by atoms with Gasteiger partial charge in [0, 0.05) is 72.7 Å². The number of amides is 2. The molecule has 0 radical (unpaired) electrons. The van der Waals surface area contributed by atoms with Crippen LogP contribution in [0.3, 0.4) is 0 Å². The number of nitrogens with one attached hydrogen (secondary N) is 2. The first-order valence-electron chi connectivity index (χ1n) is 15.5. The molecular formula is C34H43ClN4O3. The highest BCUT2D eigenvalue weighted by atomic mass is 35.5. The second-order valence-corrected chi connectivity index (χ2v) is 12.4. The highest BCUT2D eigenvalue weighted by Crippen LogP contribution is 2.33. The fourth-order valence-corrected chi connectivity index (χ4v) is 6.97. The molecule has 1 saturated carbocycles. The number of carbonyl (C=O) groups excluding carboxylic acids is 3. The Morgan fingerprint density at radius 1 is 1.02 bits per heavy atom. The van der Waals surface area contributed by atoms with Gasteiger partial charge in [0.25, 0.3) is 0 Å². The van der Waals surface area contributed by atoms with Crippen LogP contribution in [0.1, 0.15) is 75.5 Å². The van der Waals surface area contributed by atoms with E-state index < -0.39 is 0 Å². The minimum absolute atomic E-state index is 0.0314. The van der Waals surface area contributed by atoms with Crippen molar-refractivity contribution in [3.05, 3.63) is 70.9 Å². The van der Waals surface area contributed by atoms with Gasteiger partial charge >= 0.3 is 0 Å². The minimum Gasteiger partial charge on any atom is -0.361 e. The quantitative estimate of drug-likeness (QED) is 0.268. The predicted octanol–water partition coefficient (Wildman–Crippen LogP) is 6.07. The summed E-state index contributed by atoms with van der Waals surface area (Å²) in [6, 6.07) is 15.5. The SMILES string of the molecule is CC(=O)C(c1c[nH]c2ccccc12)N1CCC(N(CCC(=O)NCCc2ccc(Cl)cc2)C(=O)CC2CCCC2)CC1. The Morgan fingerprint density at radius 3 is 2.45 bits per heavy atom. The second-order valence-electron chi connectivity index (χ2n) is 12.0. The van der Waals surface area contributed by atoms with E-state index in [4.69, 9.17) is 11.6 Å². The molecule has 0 spiro atoms. The maximum atomic E-state index is 13.6. The van der Waals surface area contributed by atoms with Crippen LogP contribution in [0.4, 0.5) is 0 Å². The van der Waals surface area contributed by atoms with Crippen LogP contribution in [-0.2, 0) is 20.8 Å².